The van der Waals surface area contributed by atoms with Gasteiger partial charge >= 0.3 is 248 Å². The minimum atomic E-state index is -4.96. The predicted octanol–water partition coefficient (Wildman–Crippen LogP) is -0.415. The fourth-order valence-electron chi connectivity index (χ4n) is 5.73. The van der Waals surface area contributed by atoms with Gasteiger partial charge in [0.1, 0.15) is 0 Å². The fourth-order valence-corrected chi connectivity index (χ4v) is 9.29. The first kappa shape index (κ1) is 34.4. The van der Waals surface area contributed by atoms with Gasteiger partial charge in [0.15, 0.2) is 0 Å². The van der Waals surface area contributed by atoms with Crippen molar-refractivity contribution in [1.29, 1.82) is 0 Å². The Morgan fingerprint density at radius 3 is 2.65 bits per heavy atom. The maximum absolute atomic E-state index is 13.4. The van der Waals surface area contributed by atoms with E-state index >= 15 is 0 Å². The third-order valence-electron chi connectivity index (χ3n) is 7.69. The summed E-state index contributed by atoms with van der Waals surface area (Å²) in [7, 11) is -4.96. The van der Waals surface area contributed by atoms with Crippen molar-refractivity contribution in [1.82, 2.24) is 24.1 Å². The number of aromatic nitrogens is 5. The van der Waals surface area contributed by atoms with Gasteiger partial charge in [-0.05, 0) is 17.5 Å². The number of ether oxygens (including phenoxy) is 2. The monoisotopic (exact) mass is 851 g/mol. The Labute approximate surface area is 283 Å². The number of phosphoric ester groups is 1. The number of fused-ring (bicyclic) bond motifs is 5. The number of nitrogen functional groups attached to an aromatic ring is 1. The van der Waals surface area contributed by atoms with Crippen LogP contribution in [0.3, 0.4) is 0 Å². The van der Waals surface area contributed by atoms with Crippen molar-refractivity contribution in [2.24, 2.45) is 0 Å². The molecule has 5 unspecified atom stereocenters. The molecule has 0 saturated carbocycles. The summed E-state index contributed by atoms with van der Waals surface area (Å²) >= 11 is 2.28. The van der Waals surface area contributed by atoms with Crippen LogP contribution in [0.2, 0.25) is 0 Å². The van der Waals surface area contributed by atoms with Crippen molar-refractivity contribution in [3.05, 3.63) is 53.2 Å². The van der Waals surface area contributed by atoms with E-state index in [1.54, 1.807) is 10.8 Å². The van der Waals surface area contributed by atoms with E-state index < -0.39 is 102 Å². The normalized spacial score (nSPS) is 35.0. The molecule has 3 saturated heterocycles. The molecule has 3 aliphatic heterocycles. The minimum absolute atomic E-state index is 0.0467. The summed E-state index contributed by atoms with van der Waals surface area (Å²) in [5, 5.41) is 0.916. The zero-order chi connectivity index (χ0) is 34.0. The molecule has 3 fully saturated rings. The molecule has 0 aliphatic carbocycles. The van der Waals surface area contributed by atoms with Crippen LogP contribution in [-0.2, 0) is 47.0 Å². The van der Waals surface area contributed by atoms with Gasteiger partial charge in [-0.1, -0.05) is 18.2 Å². The first-order valence-corrected chi connectivity index (χ1v) is 20.0. The Kier molecular flexibility index (Phi) is 9.27. The van der Waals surface area contributed by atoms with Crippen molar-refractivity contribution in [3.8, 4) is 0 Å². The standard InChI is InChI=1S/C24H25F3IN6O11P2S/c25-24(26,27)28-43-18-15-9-39-46(36,37)44-13-7-16(33-6-5-11-3-1-2-4-12(11)33)41-14(13)8-40-47(38,48)45-19(18)22(42-15)34-10-30-17-20(34)31-23(29)32-21(17)35/h1-6,10,13-16,18-19,22H,7-9H2,(H,36,37)(H,38,48)(H3,29,31,32,35)/q-1/t13?,14-,15-,16-,18?,19?,22-,47?/m1/s1. The number of phosphoric acid groups is 1. The number of para-hydroxylation sites is 1. The van der Waals surface area contributed by atoms with Gasteiger partial charge in [0, 0.05) is 0 Å². The molecule has 9 atom stereocenters. The summed E-state index contributed by atoms with van der Waals surface area (Å²) in [4.78, 5) is 44.7. The Balaban J connectivity index is 1.22. The molecule has 4 aromatic rings. The molecule has 7 rings (SSSR count). The molecule has 1 aromatic carbocycles. The number of anilines is 1. The molecule has 17 nitrogen and oxygen atoms in total. The number of hydrogen-bond donors (Lipinski definition) is 4. The Morgan fingerprint density at radius 2 is 1.85 bits per heavy atom. The van der Waals surface area contributed by atoms with E-state index in [9.17, 15) is 32.3 Å². The Bertz CT molecular complexity index is 2000. The molecular weight excluding hydrogens is 826 g/mol. The first-order valence-electron chi connectivity index (χ1n) is 14.0. The molecule has 6 heterocycles. The maximum atomic E-state index is 13.4. The summed E-state index contributed by atoms with van der Waals surface area (Å²) < 4.78 is 91.2. The number of imidazole rings is 1. The van der Waals surface area contributed by atoms with Crippen LogP contribution in [0.4, 0.5) is 19.1 Å². The number of nitrogens with two attached hydrogens (primary N) is 1. The van der Waals surface area contributed by atoms with Crippen LogP contribution in [0.15, 0.2) is 47.7 Å². The second-order valence-corrected chi connectivity index (χ2v) is 17.2. The van der Waals surface area contributed by atoms with Gasteiger partial charge in [-0.25, -0.2) is 0 Å². The third-order valence-corrected chi connectivity index (χ3v) is 11.6. The number of hydrogen-bond acceptors (Lipinski definition) is 13. The Morgan fingerprint density at radius 1 is 1.08 bits per heavy atom. The molecule has 262 valence electrons. The topological polar surface area (TPSA) is 217 Å². The predicted molar refractivity (Wildman–Crippen MR) is 156 cm³/mol. The summed E-state index contributed by atoms with van der Waals surface area (Å²) in [5.41, 5.74) is 5.43. The molecule has 3 aromatic heterocycles. The van der Waals surface area contributed by atoms with E-state index in [0.717, 1.165) is 21.8 Å². The zero-order valence-corrected chi connectivity index (χ0v) is 28.7. The van der Waals surface area contributed by atoms with Gasteiger partial charge in [0.2, 0.25) is 0 Å². The van der Waals surface area contributed by atoms with Crippen LogP contribution >= 0.6 is 14.5 Å². The summed E-state index contributed by atoms with van der Waals surface area (Å²) in [6, 6.07) is 9.32. The molecule has 3 aliphatic rings. The molecule has 5 N–H and O–H groups in total. The number of halogens is 4. The van der Waals surface area contributed by atoms with Crippen LogP contribution < -0.4 is 32.9 Å². The van der Waals surface area contributed by atoms with Crippen LogP contribution in [0.5, 0.6) is 0 Å². The van der Waals surface area contributed by atoms with Crippen LogP contribution in [0.25, 0.3) is 22.1 Å². The molecule has 48 heavy (non-hydrogen) atoms. The molecule has 0 amide bonds. The summed E-state index contributed by atoms with van der Waals surface area (Å²) in [6.45, 7) is -5.73. The number of aromatic amines is 1. The summed E-state index contributed by atoms with van der Waals surface area (Å²) in [5.74, 6) is -0.311. The SMILES string of the molecule is Nc1nc2c(ncn2[C@@H]2O[C@@H]3COP(=O)(O)OC4C[C@H](n5ccc6ccccc65)O[C@@H]4COP(O)(=S)OC2C3O[I-]C(F)(F)F)c(=O)[nH]1. The van der Waals surface area contributed by atoms with Gasteiger partial charge in [-0.2, -0.15) is 0 Å². The van der Waals surface area contributed by atoms with Crippen LogP contribution in [0.1, 0.15) is 18.9 Å². The van der Waals surface area contributed by atoms with E-state index in [4.69, 9.17) is 48.2 Å². The average Bonchev–Trinajstić information content (AvgIpc) is 3.77. The average molecular weight is 851 g/mol. The number of alkyl halides is 4. The number of nitrogens with zero attached hydrogens (tertiary/aromatic N) is 4. The second kappa shape index (κ2) is 12.9. The number of H-pyrrole nitrogens is 1. The first-order chi connectivity index (χ1) is 22.7. The van der Waals surface area contributed by atoms with Crippen LogP contribution in [-0.4, -0.2) is 81.8 Å². The van der Waals surface area contributed by atoms with E-state index in [-0.39, 0.29) is 23.5 Å². The second-order valence-electron chi connectivity index (χ2n) is 10.8. The molecule has 0 radical (unpaired) electrons. The zero-order valence-electron chi connectivity index (χ0n) is 24.0. The quantitative estimate of drug-likeness (QED) is 0.117. The number of rotatable bonds is 4. The van der Waals surface area contributed by atoms with Crippen molar-refractivity contribution < 1.29 is 79.8 Å². The van der Waals surface area contributed by atoms with Crippen LogP contribution in [0, 0.1) is 0 Å². The van der Waals surface area contributed by atoms with Crippen molar-refractivity contribution in [3.63, 3.8) is 0 Å². The molecule has 2 bridgehead atoms. The molecule has 0 spiro atoms. The molecular formula is C24H25F3IN6O11P2S-. The summed E-state index contributed by atoms with van der Waals surface area (Å²) in [6.07, 6.45) is -6.42. The van der Waals surface area contributed by atoms with Gasteiger partial charge in [-0.15, -0.1) is 0 Å². The van der Waals surface area contributed by atoms with Gasteiger partial charge in [0.25, 0.3) is 0 Å². The van der Waals surface area contributed by atoms with Gasteiger partial charge in [0.05, 0.1) is 0 Å². The van der Waals surface area contributed by atoms with E-state index in [0.29, 0.717) is 0 Å². The fraction of sp³-hybridized carbons (Fsp3) is 0.458. The molecule has 24 heteroatoms. The van der Waals surface area contributed by atoms with E-state index in [1.807, 2.05) is 30.3 Å². The van der Waals surface area contributed by atoms with Gasteiger partial charge in [-0.3, -0.25) is 0 Å². The van der Waals surface area contributed by atoms with E-state index in [2.05, 4.69) is 15.0 Å². The number of benzene rings is 1. The van der Waals surface area contributed by atoms with Crippen molar-refractivity contribution >= 4 is 54.4 Å². The van der Waals surface area contributed by atoms with E-state index in [1.165, 1.54) is 0 Å². The van der Waals surface area contributed by atoms with Crippen molar-refractivity contribution in [2.75, 3.05) is 18.9 Å². The van der Waals surface area contributed by atoms with Crippen molar-refractivity contribution in [2.45, 2.75) is 53.6 Å². The third kappa shape index (κ3) is 7.09. The van der Waals surface area contributed by atoms with Gasteiger partial charge < -0.3 is 0 Å². The number of nitrogens with one attached hydrogen (secondary N) is 1. The Hall–Kier alpha value is -2.05.